The molecule has 123 heavy (non-hydrogen) atoms. The molecule has 0 spiro atoms. The Kier molecular flexibility index (Phi) is 28.7. The normalized spacial score (nSPS) is 12.9. The van der Waals surface area contributed by atoms with Crippen molar-refractivity contribution in [3.05, 3.63) is 324 Å². The van der Waals surface area contributed by atoms with Gasteiger partial charge < -0.3 is 52.5 Å². The molecule has 0 bridgehead atoms. The van der Waals surface area contributed by atoms with Crippen molar-refractivity contribution in [2.75, 3.05) is 29.9 Å². The zero-order valence-corrected chi connectivity index (χ0v) is 69.2. The fraction of sp³-hybridized carbons (Fsp3) is 0.245. The van der Waals surface area contributed by atoms with Crippen molar-refractivity contribution in [3.63, 3.8) is 0 Å². The quantitative estimate of drug-likeness (QED) is 0.0413. The maximum atomic E-state index is 13.1. The van der Waals surface area contributed by atoms with Crippen LogP contribution in [0.2, 0.25) is 5.02 Å². The van der Waals surface area contributed by atoms with Gasteiger partial charge in [-0.15, -0.1) is 0 Å². The highest BCUT2D eigenvalue weighted by molar-refractivity contribution is 6.33. The Balaban J connectivity index is 0.000000126. The van der Waals surface area contributed by atoms with E-state index in [1.54, 1.807) is 104 Å². The van der Waals surface area contributed by atoms with Gasteiger partial charge in [0.15, 0.2) is 22.9 Å². The number of pyridine rings is 3. The van der Waals surface area contributed by atoms with Crippen LogP contribution in [0, 0.1) is 19.7 Å². The van der Waals surface area contributed by atoms with Gasteiger partial charge in [-0.3, -0.25) is 53.8 Å². The summed E-state index contributed by atoms with van der Waals surface area (Å²) in [5.41, 5.74) is 10.7. The minimum Gasteiger partial charge on any atom is -0.467 e. The Labute approximate surface area is 714 Å². The van der Waals surface area contributed by atoms with Crippen molar-refractivity contribution in [1.29, 1.82) is 0 Å². The highest BCUT2D eigenvalue weighted by Gasteiger charge is 2.36. The fourth-order valence-corrected chi connectivity index (χ4v) is 14.7. The van der Waals surface area contributed by atoms with E-state index >= 15 is 0 Å². The molecule has 3 saturated carbocycles. The van der Waals surface area contributed by atoms with Gasteiger partial charge in [0.2, 0.25) is 0 Å². The minimum absolute atomic E-state index is 0.0673. The number of aromatic nitrogens is 11. The monoisotopic (exact) mass is 1670 g/mol. The molecule has 3 aliphatic rings. The summed E-state index contributed by atoms with van der Waals surface area (Å²) in [7, 11) is 1.78. The van der Waals surface area contributed by atoms with E-state index in [2.05, 4.69) is 98.3 Å². The molecule has 3 aliphatic carbocycles. The summed E-state index contributed by atoms with van der Waals surface area (Å²) < 4.78 is 41.9. The van der Waals surface area contributed by atoms with Crippen molar-refractivity contribution in [2.24, 2.45) is 7.05 Å². The van der Waals surface area contributed by atoms with Crippen LogP contribution >= 0.6 is 11.6 Å². The maximum Gasteiger partial charge on any atom is 0.276 e. The Bertz CT molecular complexity index is 5880. The van der Waals surface area contributed by atoms with E-state index in [0.717, 1.165) is 140 Å². The molecule has 11 heterocycles. The molecule has 4 aromatic carbocycles. The lowest BCUT2D eigenvalue weighted by atomic mass is 10.1. The summed E-state index contributed by atoms with van der Waals surface area (Å²) in [6, 6.07) is 63.0. The molecule has 0 radical (unpaired) electrons. The topological polar surface area (TPSA) is 328 Å². The number of nitrogens with one attached hydrogen (secondary N) is 4. The third kappa shape index (κ3) is 23.0. The number of carbonyl (C=O) groups excluding carboxylic acids is 5. The number of aromatic amines is 2. The van der Waals surface area contributed by atoms with Crippen LogP contribution in [0.4, 0.5) is 15.9 Å². The van der Waals surface area contributed by atoms with Crippen LogP contribution in [0.15, 0.2) is 278 Å². The second kappa shape index (κ2) is 41.5. The van der Waals surface area contributed by atoms with Crippen molar-refractivity contribution in [2.45, 2.75) is 123 Å². The van der Waals surface area contributed by atoms with E-state index < -0.39 is 0 Å². The molecule has 27 nitrogen and oxygen atoms in total. The lowest BCUT2D eigenvalue weighted by Gasteiger charge is -2.27. The van der Waals surface area contributed by atoms with Crippen molar-refractivity contribution < 1.29 is 50.7 Å². The number of aryl methyl sites for hydroxylation is 3. The number of likely N-dealkylation sites (N-methyl/N-ethyl adjacent to an activating group) is 1. The molecule has 4 N–H and O–H groups in total. The van der Waals surface area contributed by atoms with E-state index in [1.807, 2.05) is 149 Å². The Hall–Kier alpha value is -14.4. The third-order valence-corrected chi connectivity index (χ3v) is 21.4. The number of carbonyl (C=O) groups is 5. The molecule has 0 unspecified atom stereocenters. The first-order valence-corrected chi connectivity index (χ1v) is 41.2. The number of amides is 5. The van der Waals surface area contributed by atoms with Crippen LogP contribution in [-0.4, -0.2) is 137 Å². The van der Waals surface area contributed by atoms with Gasteiger partial charge in [0, 0.05) is 134 Å². The molecule has 3 fully saturated rings. The van der Waals surface area contributed by atoms with Crippen LogP contribution in [0.5, 0.6) is 0 Å². The van der Waals surface area contributed by atoms with E-state index in [9.17, 15) is 28.4 Å². The summed E-state index contributed by atoms with van der Waals surface area (Å²) in [4.78, 5) is 83.3. The summed E-state index contributed by atoms with van der Waals surface area (Å²) in [6.07, 6.45) is 23.9. The smallest absolute Gasteiger partial charge is 0.276 e. The molecule has 15 aromatic rings. The van der Waals surface area contributed by atoms with Gasteiger partial charge in [0.1, 0.15) is 46.1 Å². The number of halogens is 2. The predicted octanol–water partition coefficient (Wildman–Crippen LogP) is 18.8. The summed E-state index contributed by atoms with van der Waals surface area (Å²) >= 11 is 6.22. The van der Waals surface area contributed by atoms with Gasteiger partial charge in [-0.05, 0) is 192 Å². The van der Waals surface area contributed by atoms with E-state index in [0.29, 0.717) is 82.6 Å². The Morgan fingerprint density at radius 2 is 1.11 bits per heavy atom. The SMILES string of the molecule is CCN(CCNC(=O)c1cc(-c2cccnc2)on1)c1cccc(C)c1.Cc1ccc(CN(C(=O)c2cc(-c3ccccc3Cl)n[nH]2)C2CC2)o1.Cn1nc(-c2ccncc2)cc1NC(=O)c1cccnc1.O=C(c1cc(-c2ccc(F)cc2)n[nH]1)N(Cc1ccco1)C1CCCC1.O=C(c1cc(-c2ccccc2)on1)N(Cc1ccco1)C1CCCC1. The number of benzene rings is 4. The first-order chi connectivity index (χ1) is 60.0. The van der Waals surface area contributed by atoms with E-state index in [1.165, 1.54) is 23.9 Å². The molecule has 628 valence electrons. The number of H-pyrrole nitrogens is 2. The van der Waals surface area contributed by atoms with Gasteiger partial charge in [-0.2, -0.15) is 15.3 Å². The van der Waals surface area contributed by atoms with E-state index in [4.69, 9.17) is 33.9 Å². The lowest BCUT2D eigenvalue weighted by Crippen LogP contribution is -2.38. The summed E-state index contributed by atoms with van der Waals surface area (Å²) in [5, 5.41) is 32.8. The van der Waals surface area contributed by atoms with Crippen molar-refractivity contribution >= 4 is 52.6 Å². The number of hydrogen-bond acceptors (Lipinski definition) is 19. The zero-order chi connectivity index (χ0) is 85.4. The molecule has 0 atom stereocenters. The molecule has 18 rings (SSSR count). The largest absolute Gasteiger partial charge is 0.467 e. The maximum absolute atomic E-state index is 13.1. The molecule has 0 aliphatic heterocycles. The average molecular weight is 1680 g/mol. The lowest BCUT2D eigenvalue weighted by molar-refractivity contribution is 0.0633. The van der Waals surface area contributed by atoms with Crippen LogP contribution in [0.3, 0.4) is 0 Å². The van der Waals surface area contributed by atoms with Gasteiger partial charge in [-0.1, -0.05) is 108 Å². The Morgan fingerprint density at radius 1 is 0.520 bits per heavy atom. The zero-order valence-electron chi connectivity index (χ0n) is 68.4. The second-order valence-electron chi connectivity index (χ2n) is 29.8. The van der Waals surface area contributed by atoms with E-state index in [-0.39, 0.29) is 59.2 Å². The molecule has 11 aromatic heterocycles. The van der Waals surface area contributed by atoms with Crippen LogP contribution in [0.1, 0.15) is 152 Å². The highest BCUT2D eigenvalue weighted by atomic mass is 35.5. The first kappa shape index (κ1) is 85.0. The van der Waals surface area contributed by atoms with Crippen molar-refractivity contribution in [3.8, 4) is 56.4 Å². The van der Waals surface area contributed by atoms with Gasteiger partial charge in [0.05, 0.1) is 59.8 Å². The van der Waals surface area contributed by atoms with Crippen LogP contribution in [-0.2, 0) is 26.7 Å². The number of nitrogens with zero attached hydrogens (tertiary/aromatic N) is 13. The number of anilines is 2. The summed E-state index contributed by atoms with van der Waals surface area (Å²) in [6.45, 7) is 9.56. The molecule has 29 heteroatoms. The minimum atomic E-state index is -0.300. The first-order valence-electron chi connectivity index (χ1n) is 40.8. The van der Waals surface area contributed by atoms with Crippen LogP contribution < -0.4 is 15.5 Å². The molecular weight excluding hydrogens is 1580 g/mol. The average Bonchev–Trinajstić information content (AvgIpc) is 1.66. The standard InChI is InChI=1S/C20H20FN3O2.C20H22N4O2.C20H20N2O3.C19H18ClN3O2.C15H13N5O/c21-15-9-7-14(8-10-15)18-12-19(23-22-18)20(25)24(16-4-1-2-5-16)13-17-6-3-11-26-17;1-3-24(17-8-4-6-15(2)12-17)11-10-22-20(25)18-13-19(26-23-18)16-7-5-9-21-14-16;23-20(18-13-19(25-21-18)15-7-2-1-3-8-15)22(16-9-4-5-10-16)14-17-11-6-12-24-17;1-12-6-9-14(25-12)11-23(13-7-8-13)19(24)18-10-17(21-22-18)15-4-2-3-5-16(15)20;1-20-14(18-15(21)12-3-2-6-17-10-12)9-13(19-20)11-4-7-16-8-5-11/h3,6-12,16H,1-2,4-5,13H2,(H,22,23);4-9,12-14H,3,10-11H2,1-2H3,(H,22,25);1-3,6-8,11-13,16H,4-5,9-10,14H2;2-6,9-10,13H,7-8,11H2,1H3,(H,21,22);2-10H,1H3,(H,18,21). The number of hydrogen-bond donors (Lipinski definition) is 4. The molecular formula is C94H93ClFN17O10. The fourth-order valence-electron chi connectivity index (χ4n) is 14.5. The van der Waals surface area contributed by atoms with Crippen LogP contribution in [0.25, 0.3) is 56.4 Å². The molecule has 5 amide bonds. The number of furan rings is 3. The number of rotatable bonds is 25. The van der Waals surface area contributed by atoms with Crippen molar-refractivity contribution in [1.82, 2.24) is 75.5 Å². The third-order valence-electron chi connectivity index (χ3n) is 21.1. The van der Waals surface area contributed by atoms with Gasteiger partial charge in [-0.25, -0.2) is 4.39 Å². The Morgan fingerprint density at radius 3 is 1.71 bits per heavy atom. The second-order valence-corrected chi connectivity index (χ2v) is 30.2. The summed E-state index contributed by atoms with van der Waals surface area (Å²) in [5.74, 6) is 3.93. The van der Waals surface area contributed by atoms with Gasteiger partial charge >= 0.3 is 0 Å². The predicted molar refractivity (Wildman–Crippen MR) is 463 cm³/mol. The van der Waals surface area contributed by atoms with Gasteiger partial charge in [0.25, 0.3) is 29.5 Å². The highest BCUT2D eigenvalue weighted by Crippen LogP contribution is 2.34. The molecule has 0 saturated heterocycles.